The average molecular weight is 417 g/mol. The number of esters is 1. The number of benzene rings is 2. The third kappa shape index (κ3) is 5.35. The molecule has 0 spiro atoms. The summed E-state index contributed by atoms with van der Waals surface area (Å²) >= 11 is 0. The van der Waals surface area contributed by atoms with E-state index in [1.54, 1.807) is 48.5 Å². The molecule has 1 fully saturated rings. The summed E-state index contributed by atoms with van der Waals surface area (Å²) in [5.41, 5.74) is 1.25. The molecule has 0 saturated carbocycles. The van der Waals surface area contributed by atoms with E-state index in [1.165, 1.54) is 12.0 Å². The van der Waals surface area contributed by atoms with Crippen molar-refractivity contribution in [1.29, 1.82) is 0 Å². The molecule has 1 aliphatic rings. The Bertz CT molecular complexity index is 974. The van der Waals surface area contributed by atoms with Gasteiger partial charge in [0.15, 0.2) is 16.4 Å². The molecule has 0 aromatic heterocycles. The van der Waals surface area contributed by atoms with Gasteiger partial charge in [-0.3, -0.25) is 9.59 Å². The minimum Gasteiger partial charge on any atom is -0.496 e. The number of methoxy groups -OCH3 is 1. The van der Waals surface area contributed by atoms with E-state index in [0.29, 0.717) is 23.4 Å². The second kappa shape index (κ2) is 9.09. The van der Waals surface area contributed by atoms with Crippen LogP contribution in [-0.2, 0) is 30.6 Å². The number of rotatable bonds is 7. The Labute approximate surface area is 170 Å². The molecule has 0 N–H and O–H groups in total. The minimum atomic E-state index is -3.18. The molecule has 1 atom stereocenters. The Morgan fingerprint density at radius 1 is 1.07 bits per heavy atom. The van der Waals surface area contributed by atoms with Crippen molar-refractivity contribution in [3.8, 4) is 5.75 Å². The zero-order chi connectivity index (χ0) is 20.9. The number of para-hydroxylation sites is 2. The Kier molecular flexibility index (Phi) is 6.53. The molecule has 1 saturated heterocycles. The number of ether oxygens (including phenoxy) is 2. The Morgan fingerprint density at radius 3 is 2.41 bits per heavy atom. The zero-order valence-corrected chi connectivity index (χ0v) is 16.9. The van der Waals surface area contributed by atoms with E-state index in [4.69, 9.17) is 9.47 Å². The third-order valence-corrected chi connectivity index (χ3v) is 6.51. The molecule has 0 aliphatic carbocycles. The van der Waals surface area contributed by atoms with Crippen molar-refractivity contribution in [1.82, 2.24) is 0 Å². The van der Waals surface area contributed by atoms with Crippen LogP contribution in [0.25, 0.3) is 0 Å². The molecule has 8 heteroatoms. The van der Waals surface area contributed by atoms with Gasteiger partial charge in [0.25, 0.3) is 5.91 Å². The summed E-state index contributed by atoms with van der Waals surface area (Å²) in [6.45, 7) is -0.459. The molecular formula is C21H23NO6S. The average Bonchev–Trinajstić information content (AvgIpc) is 3.07. The fourth-order valence-electron chi connectivity index (χ4n) is 3.39. The summed E-state index contributed by atoms with van der Waals surface area (Å²) in [5.74, 6) is -0.496. The van der Waals surface area contributed by atoms with Crippen LogP contribution >= 0.6 is 0 Å². The lowest BCUT2D eigenvalue weighted by molar-refractivity contribution is -0.147. The summed E-state index contributed by atoms with van der Waals surface area (Å²) in [6, 6.07) is 15.4. The van der Waals surface area contributed by atoms with Crippen molar-refractivity contribution in [2.75, 3.05) is 30.1 Å². The van der Waals surface area contributed by atoms with Crippen LogP contribution in [0, 0.1) is 0 Å². The Hall–Kier alpha value is -2.87. The normalized spacial score (nSPS) is 17.5. The topological polar surface area (TPSA) is 90.0 Å². The van der Waals surface area contributed by atoms with E-state index in [0.717, 1.165) is 0 Å². The van der Waals surface area contributed by atoms with Gasteiger partial charge in [0.05, 0.1) is 31.1 Å². The lowest BCUT2D eigenvalue weighted by atomic mass is 10.1. The van der Waals surface area contributed by atoms with E-state index in [-0.39, 0.29) is 17.9 Å². The molecule has 2 aromatic rings. The quantitative estimate of drug-likeness (QED) is 0.640. The second-order valence-corrected chi connectivity index (χ2v) is 9.03. The number of hydrogen-bond acceptors (Lipinski definition) is 6. The van der Waals surface area contributed by atoms with Gasteiger partial charge in [-0.1, -0.05) is 36.4 Å². The van der Waals surface area contributed by atoms with Gasteiger partial charge in [-0.2, -0.15) is 0 Å². The molecule has 7 nitrogen and oxygen atoms in total. The van der Waals surface area contributed by atoms with E-state index in [9.17, 15) is 18.0 Å². The molecule has 1 aliphatic heterocycles. The maximum atomic E-state index is 12.9. The van der Waals surface area contributed by atoms with Crippen molar-refractivity contribution in [3.05, 3.63) is 60.2 Å². The van der Waals surface area contributed by atoms with Gasteiger partial charge in [0.2, 0.25) is 0 Å². The molecule has 1 heterocycles. The van der Waals surface area contributed by atoms with Gasteiger partial charge in [0, 0.05) is 11.3 Å². The van der Waals surface area contributed by atoms with Crippen molar-refractivity contribution < 1.29 is 27.5 Å². The summed E-state index contributed by atoms with van der Waals surface area (Å²) in [5, 5.41) is 0. The first-order valence-corrected chi connectivity index (χ1v) is 11.1. The van der Waals surface area contributed by atoms with Crippen molar-refractivity contribution in [2.45, 2.75) is 18.9 Å². The maximum Gasteiger partial charge on any atom is 0.310 e. The zero-order valence-electron chi connectivity index (χ0n) is 16.1. The summed E-state index contributed by atoms with van der Waals surface area (Å²) in [7, 11) is -1.66. The number of sulfone groups is 1. The van der Waals surface area contributed by atoms with Crippen LogP contribution in [0.5, 0.6) is 5.75 Å². The first-order chi connectivity index (χ1) is 13.9. The molecule has 3 rings (SSSR count). The van der Waals surface area contributed by atoms with Crippen molar-refractivity contribution >= 4 is 27.4 Å². The molecule has 2 aromatic carbocycles. The maximum absolute atomic E-state index is 12.9. The van der Waals surface area contributed by atoms with Crippen molar-refractivity contribution in [2.24, 2.45) is 0 Å². The molecule has 0 unspecified atom stereocenters. The number of hydrogen-bond donors (Lipinski definition) is 0. The van der Waals surface area contributed by atoms with Gasteiger partial charge < -0.3 is 14.4 Å². The second-order valence-electron chi connectivity index (χ2n) is 6.81. The van der Waals surface area contributed by atoms with Gasteiger partial charge in [-0.15, -0.1) is 0 Å². The smallest absolute Gasteiger partial charge is 0.310 e. The fourth-order valence-corrected chi connectivity index (χ4v) is 5.09. The molecule has 29 heavy (non-hydrogen) atoms. The first kappa shape index (κ1) is 20.9. The van der Waals surface area contributed by atoms with Crippen LogP contribution in [-0.4, -0.2) is 51.6 Å². The van der Waals surface area contributed by atoms with Crippen LogP contribution < -0.4 is 9.64 Å². The highest BCUT2D eigenvalue weighted by Gasteiger charge is 2.35. The van der Waals surface area contributed by atoms with Gasteiger partial charge >= 0.3 is 5.97 Å². The molecule has 0 bridgehead atoms. The van der Waals surface area contributed by atoms with Gasteiger partial charge in [-0.25, -0.2) is 8.42 Å². The van der Waals surface area contributed by atoms with Crippen molar-refractivity contribution in [3.63, 3.8) is 0 Å². The van der Waals surface area contributed by atoms with Gasteiger partial charge in [0.1, 0.15) is 5.75 Å². The number of carbonyl (C=O) groups is 2. The Balaban J connectivity index is 1.68. The highest BCUT2D eigenvalue weighted by atomic mass is 32.2. The lowest BCUT2D eigenvalue weighted by Gasteiger charge is -2.28. The van der Waals surface area contributed by atoms with Crippen LogP contribution in [0.15, 0.2) is 54.6 Å². The number of amides is 1. The Morgan fingerprint density at radius 2 is 1.76 bits per heavy atom. The van der Waals surface area contributed by atoms with Gasteiger partial charge in [-0.05, 0) is 24.6 Å². The van der Waals surface area contributed by atoms with Crippen LogP contribution in [0.1, 0.15) is 12.0 Å². The van der Waals surface area contributed by atoms with E-state index in [1.807, 2.05) is 6.07 Å². The third-order valence-electron chi connectivity index (χ3n) is 4.76. The SMILES string of the molecule is COc1ccccc1CC(=O)OCC(=O)N(c1ccccc1)[C@@H]1CCS(=O)(=O)C1. The highest BCUT2D eigenvalue weighted by Crippen LogP contribution is 2.25. The highest BCUT2D eigenvalue weighted by molar-refractivity contribution is 7.91. The minimum absolute atomic E-state index is 0.0273. The van der Waals surface area contributed by atoms with E-state index >= 15 is 0 Å². The summed E-state index contributed by atoms with van der Waals surface area (Å²) in [4.78, 5) is 26.5. The predicted molar refractivity (Wildman–Crippen MR) is 109 cm³/mol. The van der Waals surface area contributed by atoms with Crippen LogP contribution in [0.2, 0.25) is 0 Å². The fraction of sp³-hybridized carbons (Fsp3) is 0.333. The molecule has 154 valence electrons. The van der Waals surface area contributed by atoms with Crippen LogP contribution in [0.4, 0.5) is 5.69 Å². The predicted octanol–water partition coefficient (Wildman–Crippen LogP) is 2.00. The van der Waals surface area contributed by atoms with Crippen LogP contribution in [0.3, 0.4) is 0 Å². The molecular weight excluding hydrogens is 394 g/mol. The molecule has 1 amide bonds. The first-order valence-electron chi connectivity index (χ1n) is 9.24. The molecule has 0 radical (unpaired) electrons. The number of nitrogens with zero attached hydrogens (tertiary/aromatic N) is 1. The van der Waals surface area contributed by atoms with E-state index in [2.05, 4.69) is 0 Å². The van der Waals surface area contributed by atoms with E-state index < -0.39 is 34.4 Å². The monoisotopic (exact) mass is 417 g/mol. The largest absolute Gasteiger partial charge is 0.496 e. The standard InChI is InChI=1S/C21H23NO6S/c1-27-19-10-6-5-7-16(19)13-21(24)28-14-20(23)22(17-8-3-2-4-9-17)18-11-12-29(25,26)15-18/h2-10,18H,11-15H2,1H3/t18-/m1/s1. The lowest BCUT2D eigenvalue weighted by Crippen LogP contribution is -2.43. The number of anilines is 1. The number of carbonyl (C=O) groups excluding carboxylic acids is 2. The summed E-state index contributed by atoms with van der Waals surface area (Å²) in [6.07, 6.45) is 0.332. The summed E-state index contributed by atoms with van der Waals surface area (Å²) < 4.78 is 34.2.